The van der Waals surface area contributed by atoms with Crippen molar-refractivity contribution in [1.82, 2.24) is 10.2 Å². The van der Waals surface area contributed by atoms with Gasteiger partial charge in [0.25, 0.3) is 0 Å². The van der Waals surface area contributed by atoms with Crippen molar-refractivity contribution in [3.63, 3.8) is 0 Å². The summed E-state index contributed by atoms with van der Waals surface area (Å²) in [5, 5.41) is 3.37. The third-order valence-electron chi connectivity index (χ3n) is 4.61. The van der Waals surface area contributed by atoms with Gasteiger partial charge in [-0.05, 0) is 30.7 Å². The van der Waals surface area contributed by atoms with Gasteiger partial charge >= 0.3 is 0 Å². The maximum Gasteiger partial charge on any atom is 0.0594 e. The van der Waals surface area contributed by atoms with Crippen molar-refractivity contribution >= 4 is 5.69 Å². The molecule has 0 spiro atoms. The number of anilines is 1. The van der Waals surface area contributed by atoms with E-state index in [4.69, 9.17) is 4.74 Å². The molecule has 0 radical (unpaired) electrons. The second kappa shape index (κ2) is 7.25. The number of ether oxygens (including phenoxy) is 1. The van der Waals surface area contributed by atoms with E-state index in [2.05, 4.69) is 46.3 Å². The molecule has 1 aromatic rings. The zero-order chi connectivity index (χ0) is 14.5. The van der Waals surface area contributed by atoms with Crippen LogP contribution in [0.15, 0.2) is 24.3 Å². The molecule has 0 aromatic heterocycles. The highest BCUT2D eigenvalue weighted by Crippen LogP contribution is 2.24. The van der Waals surface area contributed by atoms with Crippen LogP contribution in [-0.4, -0.2) is 56.9 Å². The summed E-state index contributed by atoms with van der Waals surface area (Å²) in [6.45, 7) is 10.5. The van der Waals surface area contributed by atoms with Crippen LogP contribution < -0.4 is 10.2 Å². The second-order valence-corrected chi connectivity index (χ2v) is 5.98. The van der Waals surface area contributed by atoms with Gasteiger partial charge < -0.3 is 15.0 Å². The monoisotopic (exact) mass is 289 g/mol. The molecular weight excluding hydrogens is 262 g/mol. The fourth-order valence-electron chi connectivity index (χ4n) is 3.31. The van der Waals surface area contributed by atoms with Crippen molar-refractivity contribution in [2.75, 3.05) is 50.8 Å². The Balaban J connectivity index is 1.55. The van der Waals surface area contributed by atoms with E-state index in [1.165, 1.54) is 24.2 Å². The molecule has 21 heavy (non-hydrogen) atoms. The predicted octanol–water partition coefficient (Wildman–Crippen LogP) is 1.71. The summed E-state index contributed by atoms with van der Waals surface area (Å²) >= 11 is 0. The van der Waals surface area contributed by atoms with Gasteiger partial charge in [0.1, 0.15) is 0 Å². The highest BCUT2D eigenvalue weighted by atomic mass is 16.5. The van der Waals surface area contributed by atoms with Crippen molar-refractivity contribution in [2.45, 2.75) is 25.9 Å². The predicted molar refractivity (Wildman–Crippen MR) is 86.8 cm³/mol. The van der Waals surface area contributed by atoms with Crippen LogP contribution in [0.1, 0.15) is 18.9 Å². The number of hydrogen-bond acceptors (Lipinski definition) is 4. The summed E-state index contributed by atoms with van der Waals surface area (Å²) in [7, 11) is 0. The number of hydrogen-bond donors (Lipinski definition) is 1. The molecule has 3 rings (SSSR count). The van der Waals surface area contributed by atoms with Crippen molar-refractivity contribution in [2.24, 2.45) is 0 Å². The van der Waals surface area contributed by atoms with Gasteiger partial charge in [-0.25, -0.2) is 0 Å². The van der Waals surface area contributed by atoms with Crippen LogP contribution in [0.5, 0.6) is 0 Å². The molecule has 2 aliphatic heterocycles. The van der Waals surface area contributed by atoms with Gasteiger partial charge in [-0.3, -0.25) is 4.90 Å². The molecule has 1 unspecified atom stereocenters. The lowest BCUT2D eigenvalue weighted by Crippen LogP contribution is -2.44. The minimum absolute atomic E-state index is 0.704. The first-order valence-corrected chi connectivity index (χ1v) is 8.23. The van der Waals surface area contributed by atoms with Gasteiger partial charge in [0.2, 0.25) is 0 Å². The first kappa shape index (κ1) is 14.8. The van der Waals surface area contributed by atoms with Crippen LogP contribution in [0.4, 0.5) is 5.69 Å². The highest BCUT2D eigenvalue weighted by Gasteiger charge is 2.28. The first-order valence-electron chi connectivity index (χ1n) is 8.23. The molecule has 1 aromatic carbocycles. The summed E-state index contributed by atoms with van der Waals surface area (Å²) in [4.78, 5) is 5.13. The molecule has 1 N–H and O–H groups in total. The average Bonchev–Trinajstić information content (AvgIpc) is 3.04. The van der Waals surface area contributed by atoms with E-state index in [0.717, 1.165) is 45.9 Å². The quantitative estimate of drug-likeness (QED) is 0.893. The van der Waals surface area contributed by atoms with Crippen molar-refractivity contribution in [3.8, 4) is 0 Å². The van der Waals surface area contributed by atoms with E-state index < -0.39 is 0 Å². The molecule has 4 nitrogen and oxygen atoms in total. The number of nitrogens with zero attached hydrogens (tertiary/aromatic N) is 2. The Bertz CT molecular complexity index is 428. The Hall–Kier alpha value is -1.10. The summed E-state index contributed by atoms with van der Waals surface area (Å²) in [5.41, 5.74) is 2.73. The molecule has 0 aliphatic carbocycles. The Morgan fingerprint density at radius 3 is 2.62 bits per heavy atom. The summed E-state index contributed by atoms with van der Waals surface area (Å²) in [6.07, 6.45) is 1.28. The Morgan fingerprint density at radius 2 is 1.90 bits per heavy atom. The fraction of sp³-hybridized carbons (Fsp3) is 0.647. The molecule has 2 aliphatic rings. The van der Waals surface area contributed by atoms with Gasteiger partial charge in [0.15, 0.2) is 0 Å². The maximum atomic E-state index is 5.45. The number of nitrogens with one attached hydrogen (secondary N) is 1. The third kappa shape index (κ3) is 3.76. The lowest BCUT2D eigenvalue weighted by Gasteiger charge is -2.32. The van der Waals surface area contributed by atoms with Crippen LogP contribution in [0.3, 0.4) is 0 Å². The third-order valence-corrected chi connectivity index (χ3v) is 4.61. The standard InChI is InChI=1S/C17H27N3O/c1-2-18-13-15-3-5-16(6-4-15)20-8-7-17(14-20)19-9-11-21-12-10-19/h3-6,17-18H,2,7-14H2,1H3. The summed E-state index contributed by atoms with van der Waals surface area (Å²) < 4.78 is 5.45. The van der Waals surface area contributed by atoms with Crippen LogP contribution in [0, 0.1) is 0 Å². The van der Waals surface area contributed by atoms with E-state index in [1.807, 2.05) is 0 Å². The molecule has 2 fully saturated rings. The SMILES string of the molecule is CCNCc1ccc(N2CCC(N3CCOCC3)C2)cc1. The summed E-state index contributed by atoms with van der Waals surface area (Å²) in [5.74, 6) is 0. The zero-order valence-corrected chi connectivity index (χ0v) is 13.1. The molecular formula is C17H27N3O. The maximum absolute atomic E-state index is 5.45. The second-order valence-electron chi connectivity index (χ2n) is 5.98. The fourth-order valence-corrected chi connectivity index (χ4v) is 3.31. The molecule has 116 valence electrons. The molecule has 2 saturated heterocycles. The molecule has 0 saturated carbocycles. The van der Waals surface area contributed by atoms with E-state index in [1.54, 1.807) is 0 Å². The Morgan fingerprint density at radius 1 is 1.14 bits per heavy atom. The Kier molecular flexibility index (Phi) is 5.12. The van der Waals surface area contributed by atoms with Gasteiger partial charge in [0.05, 0.1) is 13.2 Å². The molecule has 0 bridgehead atoms. The molecule has 1 atom stereocenters. The summed E-state index contributed by atoms with van der Waals surface area (Å²) in [6, 6.07) is 9.75. The van der Waals surface area contributed by atoms with E-state index >= 15 is 0 Å². The van der Waals surface area contributed by atoms with E-state index in [9.17, 15) is 0 Å². The lowest BCUT2D eigenvalue weighted by molar-refractivity contribution is 0.0209. The Labute approximate surface area is 128 Å². The van der Waals surface area contributed by atoms with Gasteiger partial charge in [-0.1, -0.05) is 19.1 Å². The number of rotatable bonds is 5. The van der Waals surface area contributed by atoms with E-state index in [0.29, 0.717) is 6.04 Å². The molecule has 0 amide bonds. The van der Waals surface area contributed by atoms with Crippen molar-refractivity contribution in [3.05, 3.63) is 29.8 Å². The highest BCUT2D eigenvalue weighted by molar-refractivity contribution is 5.48. The minimum Gasteiger partial charge on any atom is -0.379 e. The minimum atomic E-state index is 0.704. The zero-order valence-electron chi connectivity index (χ0n) is 13.1. The normalized spacial score (nSPS) is 23.7. The largest absolute Gasteiger partial charge is 0.379 e. The van der Waals surface area contributed by atoms with Gasteiger partial charge in [-0.2, -0.15) is 0 Å². The smallest absolute Gasteiger partial charge is 0.0594 e. The van der Waals surface area contributed by atoms with Crippen LogP contribution in [-0.2, 0) is 11.3 Å². The first-order chi connectivity index (χ1) is 10.4. The number of benzene rings is 1. The van der Waals surface area contributed by atoms with Crippen LogP contribution in [0.25, 0.3) is 0 Å². The molecule has 2 heterocycles. The lowest BCUT2D eigenvalue weighted by atomic mass is 10.2. The van der Waals surface area contributed by atoms with Crippen LogP contribution >= 0.6 is 0 Å². The average molecular weight is 289 g/mol. The van der Waals surface area contributed by atoms with Crippen LogP contribution in [0.2, 0.25) is 0 Å². The van der Waals surface area contributed by atoms with Crippen molar-refractivity contribution in [1.29, 1.82) is 0 Å². The van der Waals surface area contributed by atoms with Crippen molar-refractivity contribution < 1.29 is 4.74 Å². The topological polar surface area (TPSA) is 27.7 Å². The number of morpholine rings is 1. The van der Waals surface area contributed by atoms with E-state index in [-0.39, 0.29) is 0 Å². The van der Waals surface area contributed by atoms with Gasteiger partial charge in [0, 0.05) is 44.5 Å². The molecule has 4 heteroatoms. The van der Waals surface area contributed by atoms with Gasteiger partial charge in [-0.15, -0.1) is 0 Å².